The predicted molar refractivity (Wildman–Crippen MR) is 24.3 cm³/mol. The Morgan fingerprint density at radius 3 is 0.667 bits per heavy atom. The van der Waals surface area contributed by atoms with Gasteiger partial charge in [0.15, 0.2) is 0 Å². The van der Waals surface area contributed by atoms with E-state index >= 15 is 0 Å². The van der Waals surface area contributed by atoms with Gasteiger partial charge in [-0.15, -0.1) is 0 Å². The zero-order valence-electron chi connectivity index (χ0n) is 2.68. The summed E-state index contributed by atoms with van der Waals surface area (Å²) < 4.78 is 59.5. The maximum absolute atomic E-state index is 11.2. The molecule has 0 atom stereocenters. The molecule has 0 aliphatic heterocycles. The van der Waals surface area contributed by atoms with Crippen molar-refractivity contribution in [2.24, 2.45) is 0 Å². The minimum atomic E-state index is -11.2. The van der Waals surface area contributed by atoms with Crippen molar-refractivity contribution in [3.05, 3.63) is 0 Å². The van der Waals surface area contributed by atoms with Crippen molar-refractivity contribution in [2.75, 3.05) is 0 Å². The molecule has 0 amide bonds. The van der Waals surface area contributed by atoms with Gasteiger partial charge < -0.3 is 0 Å². The summed E-state index contributed by atoms with van der Waals surface area (Å²) in [7, 11) is 0. The number of halogens is 6. The third-order valence-corrected chi connectivity index (χ3v) is 0. The number of rotatable bonds is 0. The van der Waals surface area contributed by atoms with E-state index in [2.05, 4.69) is 0 Å². The third-order valence-electron chi connectivity index (χ3n) is 0. The Morgan fingerprint density at radius 1 is 0.667 bits per heavy atom. The van der Waals surface area contributed by atoms with Crippen LogP contribution in [0.2, 0.25) is 0 Å². The van der Waals surface area contributed by atoms with Gasteiger partial charge in [-0.2, -0.15) is 0 Å². The smallest absolute Gasteiger partial charge is 0 e. The van der Waals surface area contributed by atoms with Crippen LogP contribution in [0.4, 0.5) is 18.9 Å². The normalized spacial score (nSPS) is 18.0. The fourth-order valence-electron chi connectivity index (χ4n) is 0. The standard InChI is InChI=1S/2CH4.6FH.Mo.2H2/h2*1H4;6*1H;;2*1H/q;;;;;;;;+6;;/p-6. The van der Waals surface area contributed by atoms with Crippen molar-refractivity contribution in [2.45, 2.75) is 14.9 Å². The predicted octanol–water partition coefficient (Wildman–Crippen LogP) is 4.28. The largest absolute Gasteiger partial charge is 0 e. The van der Waals surface area contributed by atoms with Crippen LogP contribution in [0, 0.1) is 0 Å². The summed E-state index contributed by atoms with van der Waals surface area (Å²) >= 11 is -11.2. The van der Waals surface area contributed by atoms with Gasteiger partial charge in [-0.25, -0.2) is 0 Å². The minimum absolute atomic E-state index is 0. The van der Waals surface area contributed by atoms with Crippen LogP contribution in [-0.2, 0) is 16.7 Å². The quantitative estimate of drug-likeness (QED) is 0.442. The molecule has 0 aromatic carbocycles. The Hall–Kier alpha value is 0.268. The van der Waals surface area contributed by atoms with Crippen molar-refractivity contribution < 1.29 is 38.5 Å². The molecule has 0 aromatic rings. The van der Waals surface area contributed by atoms with Gasteiger partial charge in [0.25, 0.3) is 0 Å². The number of hydrogen-bond donors (Lipinski definition) is 0. The van der Waals surface area contributed by atoms with Crippen LogP contribution in [0.25, 0.3) is 0 Å². The second-order valence-electron chi connectivity index (χ2n) is 0.875. The van der Waals surface area contributed by atoms with E-state index in [1.165, 1.54) is 0 Å². The van der Waals surface area contributed by atoms with Crippen molar-refractivity contribution in [3.63, 3.8) is 0 Å². The van der Waals surface area contributed by atoms with Gasteiger partial charge in [0.1, 0.15) is 0 Å². The summed E-state index contributed by atoms with van der Waals surface area (Å²) in [6, 6.07) is 0. The van der Waals surface area contributed by atoms with E-state index in [9.17, 15) is 18.9 Å². The van der Waals surface area contributed by atoms with E-state index in [1.807, 2.05) is 0 Å². The van der Waals surface area contributed by atoms with Gasteiger partial charge in [0.05, 0.1) is 0 Å². The van der Waals surface area contributed by atoms with Crippen LogP contribution >= 0.6 is 0 Å². The van der Waals surface area contributed by atoms with Gasteiger partial charge in [-0.3, -0.25) is 0 Å². The Bertz CT molecular complexity index is 77.1. The molecule has 9 heavy (non-hydrogen) atoms. The summed E-state index contributed by atoms with van der Waals surface area (Å²) in [5.41, 5.74) is 0. The molecule has 0 N–H and O–H groups in total. The van der Waals surface area contributed by atoms with E-state index in [4.69, 9.17) is 0 Å². The zero-order valence-corrected chi connectivity index (χ0v) is 4.68. The molecule has 0 heterocycles. The number of hydrogen-bond acceptors (Lipinski definition) is 0. The molecule has 0 saturated carbocycles. The van der Waals surface area contributed by atoms with Gasteiger partial charge in [-0.05, 0) is 0 Å². The van der Waals surface area contributed by atoms with Crippen LogP contribution in [-0.4, -0.2) is 0 Å². The first-order valence-electron chi connectivity index (χ1n) is 0.926. The summed E-state index contributed by atoms with van der Waals surface area (Å²) in [4.78, 5) is 0. The molecule has 0 aliphatic carbocycles. The Kier molecular flexibility index (Phi) is 3.36. The summed E-state index contributed by atoms with van der Waals surface area (Å²) in [6.07, 6.45) is 0. The maximum Gasteiger partial charge on any atom is 0 e. The van der Waals surface area contributed by atoms with Gasteiger partial charge in [0.2, 0.25) is 0 Å². The SMILES string of the molecule is C.C.[F][Mo]([F])([F])([F])([F])[F].[HH].[HH]. The van der Waals surface area contributed by atoms with Crippen LogP contribution < -0.4 is 0 Å². The van der Waals surface area contributed by atoms with E-state index < -0.39 is 16.7 Å². The van der Waals surface area contributed by atoms with E-state index in [-0.39, 0.29) is 17.7 Å². The molecule has 68 valence electrons. The Balaban J connectivity index is -0.0000000300. The average molecular weight is 246 g/mol. The average Bonchev–Trinajstić information content (AvgIpc) is 0.592. The molecule has 0 radical (unpaired) electrons. The van der Waals surface area contributed by atoms with Crippen LogP contribution in [0.1, 0.15) is 17.7 Å². The molecule has 0 nitrogen and oxygen atoms in total. The second-order valence-corrected chi connectivity index (χ2v) is 5.18. The molecule has 0 fully saturated rings. The van der Waals surface area contributed by atoms with E-state index in [0.29, 0.717) is 0 Å². The molecule has 0 rings (SSSR count). The molecular weight excluding hydrogens is 234 g/mol. The minimum Gasteiger partial charge on any atom is 0 e. The van der Waals surface area contributed by atoms with E-state index in [0.717, 1.165) is 0 Å². The van der Waals surface area contributed by atoms with Crippen molar-refractivity contribution in [1.29, 1.82) is 0 Å². The first-order valence-corrected chi connectivity index (χ1v) is 5.48. The molecule has 0 saturated heterocycles. The second kappa shape index (κ2) is 1.87. The molecule has 0 unspecified atom stereocenters. The van der Waals surface area contributed by atoms with Crippen LogP contribution in [0.5, 0.6) is 0 Å². The van der Waals surface area contributed by atoms with Crippen molar-refractivity contribution >= 4 is 0 Å². The van der Waals surface area contributed by atoms with Gasteiger partial charge in [-0.1, -0.05) is 14.9 Å². The van der Waals surface area contributed by atoms with Gasteiger partial charge >= 0.3 is 35.7 Å². The van der Waals surface area contributed by atoms with Crippen molar-refractivity contribution in [3.8, 4) is 0 Å². The topological polar surface area (TPSA) is 0 Å². The first-order chi connectivity index (χ1) is 2.45. The maximum atomic E-state index is 9.92. The third kappa shape index (κ3) is 4510. The molecule has 0 aromatic heterocycles. The molecule has 0 bridgehead atoms. The fraction of sp³-hybridized carbons (Fsp3) is 1.00. The monoisotopic (exact) mass is 248 g/mol. The van der Waals surface area contributed by atoms with E-state index in [1.54, 1.807) is 0 Å². The van der Waals surface area contributed by atoms with Crippen molar-refractivity contribution in [1.82, 2.24) is 0 Å². The first kappa shape index (κ1) is 16.1. The Labute approximate surface area is 54.2 Å². The van der Waals surface area contributed by atoms with Crippen LogP contribution in [0.3, 0.4) is 0 Å². The van der Waals surface area contributed by atoms with Crippen LogP contribution in [0.15, 0.2) is 0 Å². The zero-order chi connectivity index (χ0) is 6.41. The molecule has 0 spiro atoms. The fourth-order valence-corrected chi connectivity index (χ4v) is 0. The van der Waals surface area contributed by atoms with Gasteiger partial charge in [0, 0.05) is 2.85 Å². The summed E-state index contributed by atoms with van der Waals surface area (Å²) in [5.74, 6) is 0. The molecular formula is C2H12F6Mo. The summed E-state index contributed by atoms with van der Waals surface area (Å²) in [5, 5.41) is 0. The molecule has 7 heteroatoms. The summed E-state index contributed by atoms with van der Waals surface area (Å²) in [6.45, 7) is 0. The Morgan fingerprint density at radius 2 is 0.667 bits per heavy atom. The molecule has 0 aliphatic rings.